The molecule has 4 rings (SSSR count). The summed E-state index contributed by atoms with van der Waals surface area (Å²) in [6, 6.07) is 20.2. The van der Waals surface area contributed by atoms with E-state index in [-0.39, 0.29) is 0 Å². The zero-order chi connectivity index (χ0) is 21.3. The van der Waals surface area contributed by atoms with E-state index in [0.29, 0.717) is 29.1 Å². The number of hydrogen-bond donors (Lipinski definition) is 0. The van der Waals surface area contributed by atoms with E-state index < -0.39 is 0 Å². The highest BCUT2D eigenvalue weighted by molar-refractivity contribution is 6.42. The number of aryl methyl sites for hydroxylation is 1. The molecule has 0 radical (unpaired) electrons. The first-order valence-electron chi connectivity index (χ1n) is 10.0. The number of benzene rings is 3. The Balaban J connectivity index is 1.68. The number of para-hydroxylation sites is 2. The van der Waals surface area contributed by atoms with Gasteiger partial charge >= 0.3 is 0 Å². The average molecular weight is 439 g/mol. The van der Waals surface area contributed by atoms with E-state index in [2.05, 4.69) is 49.6 Å². The van der Waals surface area contributed by atoms with E-state index >= 15 is 0 Å². The van der Waals surface area contributed by atoms with E-state index in [1.807, 2.05) is 36.4 Å². The minimum atomic E-state index is 0.385. The normalized spacial score (nSPS) is 11.4. The van der Waals surface area contributed by atoms with Crippen LogP contribution in [0.3, 0.4) is 0 Å². The van der Waals surface area contributed by atoms with Gasteiger partial charge in [0.25, 0.3) is 0 Å². The number of hydrogen-bond acceptors (Lipinski definition) is 2. The molecule has 0 atom stereocenters. The van der Waals surface area contributed by atoms with Gasteiger partial charge in [-0.2, -0.15) is 0 Å². The Hall–Kier alpha value is -2.49. The Kier molecular flexibility index (Phi) is 6.03. The molecule has 30 heavy (non-hydrogen) atoms. The molecule has 0 N–H and O–H groups in total. The molecule has 0 unspecified atom stereocenters. The molecule has 0 amide bonds. The predicted octanol–water partition coefficient (Wildman–Crippen LogP) is 7.40. The zero-order valence-corrected chi connectivity index (χ0v) is 18.8. The SMILES string of the molecule is Cc1ccc(C(C)C)c(OCc2nc3ccccc3n2Cc2ccc(Cl)c(Cl)c2)c1. The number of ether oxygens (including phenoxy) is 1. The summed E-state index contributed by atoms with van der Waals surface area (Å²) in [7, 11) is 0. The van der Waals surface area contributed by atoms with E-state index in [0.717, 1.165) is 28.2 Å². The van der Waals surface area contributed by atoms with Crippen molar-refractivity contribution in [2.24, 2.45) is 0 Å². The fourth-order valence-corrected chi connectivity index (χ4v) is 3.94. The second kappa shape index (κ2) is 8.71. The maximum Gasteiger partial charge on any atom is 0.148 e. The Labute approximate surface area is 187 Å². The van der Waals surface area contributed by atoms with Crippen molar-refractivity contribution in [3.8, 4) is 5.75 Å². The monoisotopic (exact) mass is 438 g/mol. The highest BCUT2D eigenvalue weighted by atomic mass is 35.5. The Morgan fingerprint density at radius 1 is 0.967 bits per heavy atom. The topological polar surface area (TPSA) is 27.1 Å². The third-order valence-electron chi connectivity index (χ3n) is 5.21. The van der Waals surface area contributed by atoms with Gasteiger partial charge in [-0.1, -0.05) is 67.4 Å². The maximum absolute atomic E-state index is 6.29. The number of fused-ring (bicyclic) bond motifs is 1. The summed E-state index contributed by atoms with van der Waals surface area (Å²) in [6.07, 6.45) is 0. The van der Waals surface area contributed by atoms with Gasteiger partial charge in [-0.05, 0) is 59.9 Å². The molecular weight excluding hydrogens is 415 g/mol. The van der Waals surface area contributed by atoms with Gasteiger partial charge in [0.05, 0.1) is 21.1 Å². The lowest BCUT2D eigenvalue weighted by atomic mass is 10.0. The molecule has 3 aromatic carbocycles. The third kappa shape index (κ3) is 4.33. The van der Waals surface area contributed by atoms with Crippen molar-refractivity contribution in [2.45, 2.75) is 39.8 Å². The van der Waals surface area contributed by atoms with Gasteiger partial charge in [0.1, 0.15) is 18.2 Å². The molecule has 5 heteroatoms. The molecule has 0 aliphatic rings. The lowest BCUT2D eigenvalue weighted by Crippen LogP contribution is -2.09. The minimum Gasteiger partial charge on any atom is -0.485 e. The molecule has 0 bridgehead atoms. The van der Waals surface area contributed by atoms with Crippen LogP contribution < -0.4 is 4.74 Å². The van der Waals surface area contributed by atoms with Crippen LogP contribution in [0.5, 0.6) is 5.75 Å². The minimum absolute atomic E-state index is 0.385. The van der Waals surface area contributed by atoms with Gasteiger partial charge in [-0.3, -0.25) is 0 Å². The van der Waals surface area contributed by atoms with Crippen LogP contribution in [0.4, 0.5) is 0 Å². The second-order valence-electron chi connectivity index (χ2n) is 7.84. The summed E-state index contributed by atoms with van der Waals surface area (Å²) in [6.45, 7) is 7.46. The molecule has 0 aliphatic heterocycles. The van der Waals surface area contributed by atoms with Crippen molar-refractivity contribution < 1.29 is 4.74 Å². The molecule has 0 saturated heterocycles. The molecule has 3 nitrogen and oxygen atoms in total. The number of rotatable bonds is 6. The van der Waals surface area contributed by atoms with Gasteiger partial charge in [-0.15, -0.1) is 0 Å². The molecular formula is C25H24Cl2N2O. The van der Waals surface area contributed by atoms with Crippen LogP contribution in [0.1, 0.15) is 42.3 Å². The lowest BCUT2D eigenvalue weighted by molar-refractivity contribution is 0.287. The molecule has 154 valence electrons. The van der Waals surface area contributed by atoms with E-state index in [1.54, 1.807) is 0 Å². The predicted molar refractivity (Wildman–Crippen MR) is 125 cm³/mol. The van der Waals surface area contributed by atoms with Crippen LogP contribution in [0.2, 0.25) is 10.0 Å². The maximum atomic E-state index is 6.29. The Bertz CT molecular complexity index is 1200. The molecule has 1 heterocycles. The van der Waals surface area contributed by atoms with Gasteiger partial charge in [0.15, 0.2) is 0 Å². The molecule has 0 aliphatic carbocycles. The van der Waals surface area contributed by atoms with Crippen LogP contribution in [0.15, 0.2) is 60.7 Å². The quantitative estimate of drug-likeness (QED) is 0.313. The van der Waals surface area contributed by atoms with E-state index in [1.165, 1.54) is 11.1 Å². The Morgan fingerprint density at radius 2 is 1.77 bits per heavy atom. The van der Waals surface area contributed by atoms with Crippen molar-refractivity contribution in [1.82, 2.24) is 9.55 Å². The van der Waals surface area contributed by atoms with Crippen molar-refractivity contribution in [3.63, 3.8) is 0 Å². The fraction of sp³-hybridized carbons (Fsp3) is 0.240. The summed E-state index contributed by atoms with van der Waals surface area (Å²) < 4.78 is 8.47. The lowest BCUT2D eigenvalue weighted by Gasteiger charge is -2.16. The van der Waals surface area contributed by atoms with E-state index in [9.17, 15) is 0 Å². The number of halogens is 2. The second-order valence-corrected chi connectivity index (χ2v) is 8.65. The molecule has 0 saturated carbocycles. The summed E-state index contributed by atoms with van der Waals surface area (Å²) in [4.78, 5) is 4.84. The molecule has 0 spiro atoms. The summed E-state index contributed by atoms with van der Waals surface area (Å²) in [5.74, 6) is 2.17. The standard InChI is InChI=1S/C25H24Cl2N2O/c1-16(2)19-10-8-17(3)12-24(19)30-15-25-28-22-6-4-5-7-23(22)29(25)14-18-9-11-20(26)21(27)13-18/h4-13,16H,14-15H2,1-3H3. The number of imidazole rings is 1. The Morgan fingerprint density at radius 3 is 2.53 bits per heavy atom. The zero-order valence-electron chi connectivity index (χ0n) is 17.3. The fourth-order valence-electron chi connectivity index (χ4n) is 3.62. The largest absolute Gasteiger partial charge is 0.485 e. The van der Waals surface area contributed by atoms with Gasteiger partial charge in [0, 0.05) is 6.54 Å². The average Bonchev–Trinajstić information content (AvgIpc) is 3.06. The molecule has 0 fully saturated rings. The van der Waals surface area contributed by atoms with Gasteiger partial charge in [-0.25, -0.2) is 4.98 Å². The highest BCUT2D eigenvalue weighted by Crippen LogP contribution is 2.29. The first-order valence-corrected chi connectivity index (χ1v) is 10.8. The van der Waals surface area contributed by atoms with Gasteiger partial charge in [0.2, 0.25) is 0 Å². The van der Waals surface area contributed by atoms with Crippen LogP contribution in [-0.4, -0.2) is 9.55 Å². The van der Waals surface area contributed by atoms with E-state index in [4.69, 9.17) is 32.9 Å². The van der Waals surface area contributed by atoms with Crippen molar-refractivity contribution in [3.05, 3.63) is 93.2 Å². The molecule has 1 aromatic heterocycles. The molecule has 4 aromatic rings. The van der Waals surface area contributed by atoms with Gasteiger partial charge < -0.3 is 9.30 Å². The van der Waals surface area contributed by atoms with Crippen molar-refractivity contribution in [2.75, 3.05) is 0 Å². The van der Waals surface area contributed by atoms with Crippen LogP contribution in [0.25, 0.3) is 11.0 Å². The summed E-state index contributed by atoms with van der Waals surface area (Å²) >= 11 is 12.3. The van der Waals surface area contributed by atoms with Crippen LogP contribution in [0, 0.1) is 6.92 Å². The first-order chi connectivity index (χ1) is 14.4. The van der Waals surface area contributed by atoms with Crippen molar-refractivity contribution >= 4 is 34.2 Å². The number of nitrogens with zero attached hydrogens (tertiary/aromatic N) is 2. The summed E-state index contributed by atoms with van der Waals surface area (Å²) in [5, 5.41) is 1.11. The van der Waals surface area contributed by atoms with Crippen LogP contribution in [-0.2, 0) is 13.2 Å². The third-order valence-corrected chi connectivity index (χ3v) is 5.95. The summed E-state index contributed by atoms with van der Waals surface area (Å²) in [5.41, 5.74) is 5.46. The smallest absolute Gasteiger partial charge is 0.148 e. The van der Waals surface area contributed by atoms with Crippen molar-refractivity contribution in [1.29, 1.82) is 0 Å². The number of aromatic nitrogens is 2. The van der Waals surface area contributed by atoms with Crippen LogP contribution >= 0.6 is 23.2 Å². The highest BCUT2D eigenvalue weighted by Gasteiger charge is 2.14. The first kappa shape index (κ1) is 20.8.